The van der Waals surface area contributed by atoms with Crippen LogP contribution in [0.15, 0.2) is 54.6 Å². The first-order valence-corrected chi connectivity index (χ1v) is 6.36. The number of carbonyl (C=O) groups excluding carboxylic acids is 1. The maximum atomic E-state index is 12.0. The molecule has 0 saturated heterocycles. The van der Waals surface area contributed by atoms with Gasteiger partial charge in [0.05, 0.1) is 5.56 Å². The van der Waals surface area contributed by atoms with Crippen LogP contribution in [0.25, 0.3) is 0 Å². The van der Waals surface area contributed by atoms with E-state index in [9.17, 15) is 4.79 Å². The largest absolute Gasteiger partial charge is 0.398 e. The highest BCUT2D eigenvalue weighted by atomic mass is 16.1. The number of amides is 1. The minimum atomic E-state index is -0.124. The van der Waals surface area contributed by atoms with E-state index in [4.69, 9.17) is 5.73 Å². The van der Waals surface area contributed by atoms with Gasteiger partial charge < -0.3 is 11.1 Å². The van der Waals surface area contributed by atoms with Gasteiger partial charge in [0.25, 0.3) is 5.91 Å². The van der Waals surface area contributed by atoms with E-state index in [1.165, 1.54) is 5.56 Å². The molecule has 0 spiro atoms. The molecule has 0 aromatic heterocycles. The van der Waals surface area contributed by atoms with Crippen molar-refractivity contribution in [2.24, 2.45) is 0 Å². The van der Waals surface area contributed by atoms with Gasteiger partial charge in [-0.25, -0.2) is 0 Å². The predicted molar refractivity (Wildman–Crippen MR) is 78.0 cm³/mol. The van der Waals surface area contributed by atoms with Crippen LogP contribution in [0.3, 0.4) is 0 Å². The summed E-state index contributed by atoms with van der Waals surface area (Å²) in [5.74, 6) is 0.149. The summed E-state index contributed by atoms with van der Waals surface area (Å²) in [7, 11) is 0. The minimum Gasteiger partial charge on any atom is -0.398 e. The second-order valence-electron chi connectivity index (χ2n) is 4.61. The van der Waals surface area contributed by atoms with Crippen LogP contribution < -0.4 is 11.1 Å². The molecule has 0 heterocycles. The summed E-state index contributed by atoms with van der Waals surface area (Å²) in [6.45, 7) is 2.68. The van der Waals surface area contributed by atoms with Gasteiger partial charge in [0.2, 0.25) is 0 Å². The van der Waals surface area contributed by atoms with Crippen LogP contribution in [0.5, 0.6) is 0 Å². The zero-order valence-electron chi connectivity index (χ0n) is 11.0. The summed E-state index contributed by atoms with van der Waals surface area (Å²) < 4.78 is 0. The molecule has 1 amide bonds. The highest BCUT2D eigenvalue weighted by Crippen LogP contribution is 2.14. The van der Waals surface area contributed by atoms with Gasteiger partial charge in [0.15, 0.2) is 0 Å². The van der Waals surface area contributed by atoms with Gasteiger partial charge in [-0.2, -0.15) is 0 Å². The number of benzene rings is 2. The van der Waals surface area contributed by atoms with Crippen molar-refractivity contribution in [3.05, 3.63) is 65.7 Å². The highest BCUT2D eigenvalue weighted by molar-refractivity contribution is 5.99. The van der Waals surface area contributed by atoms with Crippen LogP contribution in [-0.2, 0) is 0 Å². The Labute approximate surface area is 113 Å². The Morgan fingerprint density at radius 1 is 1.11 bits per heavy atom. The number of anilines is 1. The van der Waals surface area contributed by atoms with Crippen molar-refractivity contribution in [2.45, 2.75) is 12.8 Å². The third kappa shape index (κ3) is 3.35. The van der Waals surface area contributed by atoms with E-state index in [0.717, 1.165) is 0 Å². The zero-order valence-corrected chi connectivity index (χ0v) is 11.0. The summed E-state index contributed by atoms with van der Waals surface area (Å²) in [6.07, 6.45) is 0. The Bertz CT molecular complexity index is 552. The Balaban J connectivity index is 1.96. The molecular formula is C16H18N2O. The van der Waals surface area contributed by atoms with Crippen LogP contribution in [-0.4, -0.2) is 12.5 Å². The molecule has 0 saturated carbocycles. The first kappa shape index (κ1) is 13.1. The van der Waals surface area contributed by atoms with E-state index < -0.39 is 0 Å². The number of hydrogen-bond donors (Lipinski definition) is 2. The normalized spacial score (nSPS) is 11.8. The number of nitrogen functional groups attached to an aromatic ring is 1. The smallest absolute Gasteiger partial charge is 0.253 e. The molecule has 3 nitrogen and oxygen atoms in total. The van der Waals surface area contributed by atoms with Gasteiger partial charge in [0, 0.05) is 12.2 Å². The fourth-order valence-corrected chi connectivity index (χ4v) is 1.94. The van der Waals surface area contributed by atoms with Gasteiger partial charge >= 0.3 is 0 Å². The quantitative estimate of drug-likeness (QED) is 0.824. The van der Waals surface area contributed by atoms with Gasteiger partial charge in [-0.05, 0) is 23.6 Å². The van der Waals surface area contributed by atoms with Crippen LogP contribution >= 0.6 is 0 Å². The molecule has 0 radical (unpaired) electrons. The molecule has 98 valence electrons. The molecule has 2 aromatic rings. The Morgan fingerprint density at radius 2 is 1.74 bits per heavy atom. The second kappa shape index (κ2) is 6.05. The third-order valence-corrected chi connectivity index (χ3v) is 3.14. The summed E-state index contributed by atoms with van der Waals surface area (Å²) >= 11 is 0. The number of para-hydroxylation sites is 1. The van der Waals surface area contributed by atoms with Gasteiger partial charge in [-0.15, -0.1) is 0 Å². The van der Waals surface area contributed by atoms with Gasteiger partial charge in [-0.1, -0.05) is 49.4 Å². The highest BCUT2D eigenvalue weighted by Gasteiger charge is 2.11. The van der Waals surface area contributed by atoms with Gasteiger partial charge in [-0.3, -0.25) is 4.79 Å². The Hall–Kier alpha value is -2.29. The molecule has 0 fully saturated rings. The summed E-state index contributed by atoms with van der Waals surface area (Å²) in [5, 5.41) is 2.92. The van der Waals surface area contributed by atoms with E-state index >= 15 is 0 Å². The molecule has 0 bridgehead atoms. The summed E-state index contributed by atoms with van der Waals surface area (Å²) in [5.41, 5.74) is 8.03. The number of nitrogens with one attached hydrogen (secondary N) is 1. The molecule has 19 heavy (non-hydrogen) atoms. The van der Waals surface area contributed by atoms with Crippen molar-refractivity contribution < 1.29 is 4.79 Å². The Morgan fingerprint density at radius 3 is 2.42 bits per heavy atom. The van der Waals surface area contributed by atoms with E-state index in [2.05, 4.69) is 24.4 Å². The number of hydrogen-bond acceptors (Lipinski definition) is 2. The van der Waals surface area contributed by atoms with Crippen molar-refractivity contribution in [1.82, 2.24) is 5.32 Å². The first-order chi connectivity index (χ1) is 9.18. The SMILES string of the molecule is CC(CNC(=O)c1ccccc1N)c1ccccc1. The Kier molecular flexibility index (Phi) is 4.18. The molecule has 3 N–H and O–H groups in total. The lowest BCUT2D eigenvalue weighted by atomic mass is 10.0. The average Bonchev–Trinajstić information content (AvgIpc) is 2.46. The van der Waals surface area contributed by atoms with Crippen LogP contribution in [0.1, 0.15) is 28.8 Å². The monoisotopic (exact) mass is 254 g/mol. The number of nitrogens with two attached hydrogens (primary N) is 1. The van der Waals surface area contributed by atoms with Gasteiger partial charge in [0.1, 0.15) is 0 Å². The van der Waals surface area contributed by atoms with Crippen molar-refractivity contribution in [2.75, 3.05) is 12.3 Å². The second-order valence-corrected chi connectivity index (χ2v) is 4.61. The molecule has 0 aliphatic carbocycles. The first-order valence-electron chi connectivity index (χ1n) is 6.36. The molecular weight excluding hydrogens is 236 g/mol. The minimum absolute atomic E-state index is 0.124. The van der Waals surface area contributed by atoms with E-state index in [-0.39, 0.29) is 11.8 Å². The molecule has 0 aliphatic rings. The fraction of sp³-hybridized carbons (Fsp3) is 0.188. The van der Waals surface area contributed by atoms with Crippen molar-refractivity contribution >= 4 is 11.6 Å². The lowest BCUT2D eigenvalue weighted by Gasteiger charge is -2.13. The molecule has 1 atom stereocenters. The average molecular weight is 254 g/mol. The summed E-state index contributed by atoms with van der Waals surface area (Å²) in [4.78, 5) is 12.0. The standard InChI is InChI=1S/C16H18N2O/c1-12(13-7-3-2-4-8-13)11-18-16(19)14-9-5-6-10-15(14)17/h2-10,12H,11,17H2,1H3,(H,18,19). The lowest BCUT2D eigenvalue weighted by Crippen LogP contribution is -2.28. The van der Waals surface area contributed by atoms with E-state index in [1.807, 2.05) is 30.3 Å². The fourth-order valence-electron chi connectivity index (χ4n) is 1.94. The topological polar surface area (TPSA) is 55.1 Å². The number of rotatable bonds is 4. The molecule has 2 rings (SSSR count). The molecule has 2 aromatic carbocycles. The zero-order chi connectivity index (χ0) is 13.7. The van der Waals surface area contributed by atoms with E-state index in [0.29, 0.717) is 17.8 Å². The molecule has 0 aliphatic heterocycles. The predicted octanol–water partition coefficient (Wildman–Crippen LogP) is 2.80. The van der Waals surface area contributed by atoms with Crippen molar-refractivity contribution in [3.63, 3.8) is 0 Å². The third-order valence-electron chi connectivity index (χ3n) is 3.14. The maximum Gasteiger partial charge on any atom is 0.253 e. The number of carbonyl (C=O) groups is 1. The van der Waals surface area contributed by atoms with Crippen molar-refractivity contribution in [1.29, 1.82) is 0 Å². The molecule has 3 heteroatoms. The lowest BCUT2D eigenvalue weighted by molar-refractivity contribution is 0.0952. The summed E-state index contributed by atoms with van der Waals surface area (Å²) in [6, 6.07) is 17.2. The maximum absolute atomic E-state index is 12.0. The van der Waals surface area contributed by atoms with Crippen LogP contribution in [0.2, 0.25) is 0 Å². The van der Waals surface area contributed by atoms with Crippen LogP contribution in [0.4, 0.5) is 5.69 Å². The van der Waals surface area contributed by atoms with E-state index in [1.54, 1.807) is 12.1 Å². The van der Waals surface area contributed by atoms with Crippen LogP contribution in [0, 0.1) is 0 Å². The molecule has 1 unspecified atom stereocenters. The van der Waals surface area contributed by atoms with Crippen molar-refractivity contribution in [3.8, 4) is 0 Å².